The molecule has 0 saturated heterocycles. The van der Waals surface area contributed by atoms with Crippen molar-refractivity contribution in [2.75, 3.05) is 7.05 Å². The van der Waals surface area contributed by atoms with Gasteiger partial charge in [0.05, 0.1) is 28.8 Å². The maximum Gasteiger partial charge on any atom is 0.253 e. The van der Waals surface area contributed by atoms with E-state index in [1.165, 1.54) is 5.56 Å². The smallest absolute Gasteiger partial charge is 0.253 e. The normalized spacial score (nSPS) is 11.9. The van der Waals surface area contributed by atoms with Crippen LogP contribution in [0.2, 0.25) is 5.02 Å². The van der Waals surface area contributed by atoms with Gasteiger partial charge >= 0.3 is 0 Å². The fraction of sp³-hybridized carbons (Fsp3) is 0.242. The highest BCUT2D eigenvalue weighted by Gasteiger charge is 2.22. The van der Waals surface area contributed by atoms with Crippen molar-refractivity contribution in [1.82, 2.24) is 16.0 Å². The molecule has 0 radical (unpaired) electrons. The first-order valence-corrected chi connectivity index (χ1v) is 13.8. The number of amides is 2. The second-order valence-corrected chi connectivity index (χ2v) is 10.8. The van der Waals surface area contributed by atoms with E-state index in [9.17, 15) is 9.59 Å². The van der Waals surface area contributed by atoms with Crippen molar-refractivity contribution in [3.8, 4) is 17.4 Å². The topological polar surface area (TPSA) is 107 Å². The number of nitriles is 1. The number of rotatable bonds is 11. The van der Waals surface area contributed by atoms with Gasteiger partial charge in [0, 0.05) is 30.6 Å². The predicted molar refractivity (Wildman–Crippen MR) is 160 cm³/mol. The number of nitrogens with one attached hydrogen (secondary N) is 3. The van der Waals surface area contributed by atoms with E-state index >= 15 is 0 Å². The molecule has 0 aliphatic heterocycles. The third kappa shape index (κ3) is 7.85. The SMILES string of the molecule is CNC(=O)CC(Cc1ccc(C#N)cc1)NC(=O)c1cc(-c2ccc(CNC(C)(C)c3ccccc3)o2)ccc1Cl. The Hall–Kier alpha value is -4.38. The largest absolute Gasteiger partial charge is 0.460 e. The van der Waals surface area contributed by atoms with Crippen LogP contribution in [0.25, 0.3) is 11.3 Å². The Kier molecular flexibility index (Phi) is 9.61. The Morgan fingerprint density at radius 1 is 1.00 bits per heavy atom. The van der Waals surface area contributed by atoms with Crippen LogP contribution in [0, 0.1) is 11.3 Å². The molecular weight excluding hydrogens is 536 g/mol. The monoisotopic (exact) mass is 568 g/mol. The molecule has 41 heavy (non-hydrogen) atoms. The van der Waals surface area contributed by atoms with Crippen LogP contribution in [0.4, 0.5) is 0 Å². The first kappa shape index (κ1) is 29.6. The minimum absolute atomic E-state index is 0.0907. The first-order chi connectivity index (χ1) is 19.7. The lowest BCUT2D eigenvalue weighted by Gasteiger charge is -2.26. The standard InChI is InChI=1S/C33H33ClN4O3/c1-33(2,25-7-5-4-6-8-25)37-21-27-14-16-30(41-27)24-13-15-29(34)28(18-24)32(40)38-26(19-31(39)36-3)17-22-9-11-23(20-35)12-10-22/h4-16,18,26,37H,17,19,21H2,1-3H3,(H,36,39)(H,38,40). The van der Waals surface area contributed by atoms with Crippen LogP contribution < -0.4 is 16.0 Å². The molecule has 1 atom stereocenters. The van der Waals surface area contributed by atoms with Gasteiger partial charge in [-0.2, -0.15) is 5.26 Å². The minimum atomic E-state index is -0.482. The van der Waals surface area contributed by atoms with Crippen molar-refractivity contribution in [2.24, 2.45) is 0 Å². The van der Waals surface area contributed by atoms with E-state index in [0.717, 1.165) is 11.3 Å². The third-order valence-electron chi connectivity index (χ3n) is 6.97. The van der Waals surface area contributed by atoms with Gasteiger partial charge in [-0.15, -0.1) is 0 Å². The van der Waals surface area contributed by atoms with Crippen molar-refractivity contribution >= 4 is 23.4 Å². The average Bonchev–Trinajstić information content (AvgIpc) is 3.46. The second-order valence-electron chi connectivity index (χ2n) is 10.4. The van der Waals surface area contributed by atoms with E-state index in [1.54, 1.807) is 31.3 Å². The summed E-state index contributed by atoms with van der Waals surface area (Å²) in [5.74, 6) is 0.788. The molecule has 2 amide bonds. The van der Waals surface area contributed by atoms with Gasteiger partial charge in [0.25, 0.3) is 5.91 Å². The Balaban J connectivity index is 1.47. The van der Waals surface area contributed by atoms with Crippen LogP contribution >= 0.6 is 11.6 Å². The minimum Gasteiger partial charge on any atom is -0.460 e. The van der Waals surface area contributed by atoms with Gasteiger partial charge < -0.3 is 20.4 Å². The van der Waals surface area contributed by atoms with E-state index in [2.05, 4.69) is 48.0 Å². The Labute approximate surface area is 245 Å². The van der Waals surface area contributed by atoms with E-state index in [0.29, 0.717) is 34.9 Å². The summed E-state index contributed by atoms with van der Waals surface area (Å²) in [5.41, 5.74) is 3.36. The number of hydrogen-bond acceptors (Lipinski definition) is 5. The highest BCUT2D eigenvalue weighted by atomic mass is 35.5. The number of halogens is 1. The molecule has 0 fully saturated rings. The van der Waals surface area contributed by atoms with Crippen LogP contribution in [0.15, 0.2) is 89.3 Å². The van der Waals surface area contributed by atoms with E-state index in [1.807, 2.05) is 48.5 Å². The lowest BCUT2D eigenvalue weighted by molar-refractivity contribution is -0.121. The van der Waals surface area contributed by atoms with Crippen LogP contribution in [0.5, 0.6) is 0 Å². The molecule has 3 aromatic carbocycles. The molecular formula is C33H33ClN4O3. The Bertz CT molecular complexity index is 1540. The molecule has 0 bridgehead atoms. The maximum absolute atomic E-state index is 13.4. The molecule has 4 rings (SSSR count). The van der Waals surface area contributed by atoms with Crippen molar-refractivity contribution in [3.63, 3.8) is 0 Å². The van der Waals surface area contributed by atoms with Gasteiger partial charge in [-0.3, -0.25) is 9.59 Å². The van der Waals surface area contributed by atoms with E-state index in [4.69, 9.17) is 21.3 Å². The lowest BCUT2D eigenvalue weighted by Crippen LogP contribution is -2.40. The quantitative estimate of drug-likeness (QED) is 0.206. The molecule has 0 saturated carbocycles. The third-order valence-corrected chi connectivity index (χ3v) is 7.30. The molecule has 8 heteroatoms. The zero-order valence-electron chi connectivity index (χ0n) is 23.3. The van der Waals surface area contributed by atoms with Crippen LogP contribution in [-0.4, -0.2) is 24.9 Å². The molecule has 1 unspecified atom stereocenters. The van der Waals surface area contributed by atoms with Crippen molar-refractivity contribution in [1.29, 1.82) is 5.26 Å². The zero-order valence-corrected chi connectivity index (χ0v) is 24.1. The second kappa shape index (κ2) is 13.3. The molecule has 7 nitrogen and oxygen atoms in total. The number of benzene rings is 3. The summed E-state index contributed by atoms with van der Waals surface area (Å²) in [7, 11) is 1.55. The van der Waals surface area contributed by atoms with E-state index < -0.39 is 11.9 Å². The summed E-state index contributed by atoms with van der Waals surface area (Å²) in [6.07, 6.45) is 0.503. The number of hydrogen-bond donors (Lipinski definition) is 3. The molecule has 0 aliphatic rings. The molecule has 0 spiro atoms. The number of carbonyl (C=O) groups excluding carboxylic acids is 2. The molecule has 3 N–H and O–H groups in total. The summed E-state index contributed by atoms with van der Waals surface area (Å²) in [4.78, 5) is 25.5. The van der Waals surface area contributed by atoms with Crippen molar-refractivity contribution in [3.05, 3.63) is 118 Å². The van der Waals surface area contributed by atoms with Crippen molar-refractivity contribution < 1.29 is 14.0 Å². The fourth-order valence-electron chi connectivity index (χ4n) is 4.51. The van der Waals surface area contributed by atoms with Crippen molar-refractivity contribution in [2.45, 2.75) is 44.8 Å². The van der Waals surface area contributed by atoms with Crippen LogP contribution in [0.3, 0.4) is 0 Å². The Morgan fingerprint density at radius 2 is 1.73 bits per heavy atom. The van der Waals surface area contributed by atoms with Gasteiger partial charge in [-0.05, 0) is 73.9 Å². The summed E-state index contributed by atoms with van der Waals surface area (Å²) in [6.45, 7) is 4.77. The maximum atomic E-state index is 13.4. The molecule has 1 aromatic heterocycles. The number of carbonyl (C=O) groups is 2. The van der Waals surface area contributed by atoms with Gasteiger partial charge in [0.2, 0.25) is 5.91 Å². The summed E-state index contributed by atoms with van der Waals surface area (Å²) in [6, 6.07) is 27.8. The highest BCUT2D eigenvalue weighted by Crippen LogP contribution is 2.28. The summed E-state index contributed by atoms with van der Waals surface area (Å²) < 4.78 is 6.11. The van der Waals surface area contributed by atoms with Gasteiger partial charge in [0.1, 0.15) is 11.5 Å². The van der Waals surface area contributed by atoms with Crippen LogP contribution in [0.1, 0.15) is 53.1 Å². The average molecular weight is 569 g/mol. The zero-order chi connectivity index (χ0) is 29.4. The fourth-order valence-corrected chi connectivity index (χ4v) is 4.71. The molecule has 210 valence electrons. The van der Waals surface area contributed by atoms with Gasteiger partial charge in [-0.25, -0.2) is 0 Å². The Morgan fingerprint density at radius 3 is 2.41 bits per heavy atom. The lowest BCUT2D eigenvalue weighted by atomic mass is 9.94. The molecule has 1 heterocycles. The highest BCUT2D eigenvalue weighted by molar-refractivity contribution is 6.34. The summed E-state index contributed by atoms with van der Waals surface area (Å²) in [5, 5.41) is 18.5. The van der Waals surface area contributed by atoms with Gasteiger partial charge in [0.15, 0.2) is 0 Å². The predicted octanol–water partition coefficient (Wildman–Crippen LogP) is 5.97. The first-order valence-electron chi connectivity index (χ1n) is 13.4. The number of nitrogens with zero attached hydrogens (tertiary/aromatic N) is 1. The molecule has 4 aromatic rings. The van der Waals surface area contributed by atoms with Gasteiger partial charge in [-0.1, -0.05) is 54.1 Å². The molecule has 0 aliphatic carbocycles. The van der Waals surface area contributed by atoms with Crippen LogP contribution in [-0.2, 0) is 23.3 Å². The number of furan rings is 1. The summed E-state index contributed by atoms with van der Waals surface area (Å²) >= 11 is 6.44. The van der Waals surface area contributed by atoms with E-state index in [-0.39, 0.29) is 23.4 Å².